The van der Waals surface area contributed by atoms with Gasteiger partial charge in [-0.25, -0.2) is 14.8 Å². The fourth-order valence-corrected chi connectivity index (χ4v) is 2.92. The van der Waals surface area contributed by atoms with Gasteiger partial charge in [-0.2, -0.15) is 0 Å². The quantitative estimate of drug-likeness (QED) is 0.799. The van der Waals surface area contributed by atoms with Gasteiger partial charge in [-0.05, 0) is 24.1 Å². The molecule has 8 heteroatoms. The minimum atomic E-state index is -0.122. The summed E-state index contributed by atoms with van der Waals surface area (Å²) in [5, 5.41) is 2.96. The average molecular weight is 372 g/mol. The second-order valence-electron chi connectivity index (χ2n) is 6.18. The molecule has 0 saturated carbocycles. The van der Waals surface area contributed by atoms with Crippen LogP contribution in [-0.2, 0) is 6.42 Å². The van der Waals surface area contributed by atoms with E-state index in [1.54, 1.807) is 24.4 Å². The third-order valence-corrected chi connectivity index (χ3v) is 4.39. The van der Waals surface area contributed by atoms with Crippen LogP contribution in [0.3, 0.4) is 0 Å². The molecular weight excluding hydrogens is 348 g/mol. The van der Waals surface area contributed by atoms with Gasteiger partial charge in [-0.1, -0.05) is 12.1 Å². The van der Waals surface area contributed by atoms with Crippen molar-refractivity contribution < 1.29 is 19.0 Å². The Balaban J connectivity index is 1.43. The van der Waals surface area contributed by atoms with E-state index in [-0.39, 0.29) is 12.1 Å². The van der Waals surface area contributed by atoms with Crippen molar-refractivity contribution in [1.29, 1.82) is 0 Å². The van der Waals surface area contributed by atoms with Gasteiger partial charge in [0.15, 0.2) is 0 Å². The van der Waals surface area contributed by atoms with Gasteiger partial charge in [-0.15, -0.1) is 0 Å². The van der Waals surface area contributed by atoms with Crippen LogP contribution in [0.4, 0.5) is 4.79 Å². The van der Waals surface area contributed by atoms with Gasteiger partial charge in [0.2, 0.25) is 0 Å². The molecule has 1 saturated heterocycles. The van der Waals surface area contributed by atoms with Crippen molar-refractivity contribution >= 4 is 6.03 Å². The van der Waals surface area contributed by atoms with E-state index in [0.717, 1.165) is 24.2 Å². The van der Waals surface area contributed by atoms with E-state index in [0.29, 0.717) is 31.4 Å². The predicted octanol–water partition coefficient (Wildman–Crippen LogP) is 1.90. The SMILES string of the molecule is COc1ccc(CCNC(=O)N2CC[C@H](Oc3nccnc3OC)C2)cc1. The second kappa shape index (κ2) is 9.07. The van der Waals surface area contributed by atoms with Crippen LogP contribution in [0.15, 0.2) is 36.7 Å². The van der Waals surface area contributed by atoms with Crippen LogP contribution in [-0.4, -0.2) is 60.9 Å². The van der Waals surface area contributed by atoms with E-state index in [4.69, 9.17) is 14.2 Å². The number of rotatable bonds is 7. The normalized spacial score (nSPS) is 16.1. The number of methoxy groups -OCH3 is 2. The topological polar surface area (TPSA) is 85.8 Å². The van der Waals surface area contributed by atoms with Gasteiger partial charge in [0.1, 0.15) is 11.9 Å². The van der Waals surface area contributed by atoms with Crippen molar-refractivity contribution in [2.24, 2.45) is 0 Å². The number of ether oxygens (including phenoxy) is 3. The molecule has 0 unspecified atom stereocenters. The third kappa shape index (κ3) is 4.99. The summed E-state index contributed by atoms with van der Waals surface area (Å²) in [4.78, 5) is 22.3. The maximum Gasteiger partial charge on any atom is 0.317 e. The summed E-state index contributed by atoms with van der Waals surface area (Å²) in [7, 11) is 3.16. The molecule has 1 N–H and O–H groups in total. The number of benzene rings is 1. The first-order chi connectivity index (χ1) is 13.2. The number of hydrogen-bond donors (Lipinski definition) is 1. The highest BCUT2D eigenvalue weighted by atomic mass is 16.5. The number of amides is 2. The maximum atomic E-state index is 12.3. The molecular formula is C19H24N4O4. The zero-order chi connectivity index (χ0) is 19.1. The molecule has 0 aliphatic carbocycles. The Hall–Kier alpha value is -3.03. The summed E-state index contributed by atoms with van der Waals surface area (Å²) in [6.07, 6.45) is 4.48. The number of aromatic nitrogens is 2. The Morgan fingerprint density at radius 1 is 1.15 bits per heavy atom. The number of carbonyl (C=O) groups is 1. The molecule has 1 aliphatic rings. The molecule has 1 fully saturated rings. The van der Waals surface area contributed by atoms with Gasteiger partial charge in [0.25, 0.3) is 11.8 Å². The molecule has 2 heterocycles. The lowest BCUT2D eigenvalue weighted by Gasteiger charge is -2.18. The Labute approximate surface area is 158 Å². The van der Waals surface area contributed by atoms with E-state index in [2.05, 4.69) is 15.3 Å². The second-order valence-corrected chi connectivity index (χ2v) is 6.18. The molecule has 144 valence electrons. The molecule has 3 rings (SSSR count). The first-order valence-electron chi connectivity index (χ1n) is 8.87. The summed E-state index contributed by atoms with van der Waals surface area (Å²) >= 11 is 0. The molecule has 1 atom stereocenters. The van der Waals surface area contributed by atoms with Gasteiger partial charge in [-0.3, -0.25) is 0 Å². The number of urea groups is 1. The summed E-state index contributed by atoms with van der Waals surface area (Å²) < 4.78 is 16.1. The van der Waals surface area contributed by atoms with E-state index in [9.17, 15) is 4.79 Å². The fraction of sp³-hybridized carbons (Fsp3) is 0.421. The van der Waals surface area contributed by atoms with Crippen molar-refractivity contribution in [3.05, 3.63) is 42.2 Å². The summed E-state index contributed by atoms with van der Waals surface area (Å²) in [6.45, 7) is 1.72. The molecule has 2 amide bonds. The fourth-order valence-electron chi connectivity index (χ4n) is 2.92. The Morgan fingerprint density at radius 3 is 2.59 bits per heavy atom. The number of carbonyl (C=O) groups excluding carboxylic acids is 1. The highest BCUT2D eigenvalue weighted by Gasteiger charge is 2.28. The zero-order valence-corrected chi connectivity index (χ0v) is 15.6. The van der Waals surface area contributed by atoms with E-state index in [1.807, 2.05) is 24.3 Å². The maximum absolute atomic E-state index is 12.3. The van der Waals surface area contributed by atoms with Gasteiger partial charge < -0.3 is 24.4 Å². The third-order valence-electron chi connectivity index (χ3n) is 4.39. The lowest BCUT2D eigenvalue weighted by Crippen LogP contribution is -2.40. The van der Waals surface area contributed by atoms with Crippen LogP contribution < -0.4 is 19.5 Å². The van der Waals surface area contributed by atoms with Crippen LogP contribution >= 0.6 is 0 Å². The molecule has 0 spiro atoms. The molecule has 27 heavy (non-hydrogen) atoms. The minimum Gasteiger partial charge on any atom is -0.497 e. The average Bonchev–Trinajstić information content (AvgIpc) is 3.17. The zero-order valence-electron chi connectivity index (χ0n) is 15.6. The molecule has 8 nitrogen and oxygen atoms in total. The van der Waals surface area contributed by atoms with Crippen LogP contribution in [0.25, 0.3) is 0 Å². The van der Waals surface area contributed by atoms with Crippen molar-refractivity contribution in [2.45, 2.75) is 18.9 Å². The van der Waals surface area contributed by atoms with Gasteiger partial charge in [0, 0.05) is 31.9 Å². The standard InChI is InChI=1S/C19H24N4O4/c1-25-15-5-3-14(4-6-15)7-9-22-19(24)23-12-8-16(13-23)27-18-17(26-2)20-10-11-21-18/h3-6,10-11,16H,7-9,12-13H2,1-2H3,(H,22,24)/t16-/m0/s1. The lowest BCUT2D eigenvalue weighted by molar-refractivity contribution is 0.177. The first kappa shape index (κ1) is 18.8. The van der Waals surface area contributed by atoms with Crippen LogP contribution in [0.2, 0.25) is 0 Å². The van der Waals surface area contributed by atoms with Crippen LogP contribution in [0, 0.1) is 0 Å². The smallest absolute Gasteiger partial charge is 0.317 e. The first-order valence-corrected chi connectivity index (χ1v) is 8.87. The Bertz CT molecular complexity index is 754. The summed E-state index contributed by atoms with van der Waals surface area (Å²) in [5.41, 5.74) is 1.15. The van der Waals surface area contributed by atoms with Gasteiger partial charge >= 0.3 is 6.03 Å². The van der Waals surface area contributed by atoms with Crippen molar-refractivity contribution in [1.82, 2.24) is 20.2 Å². The molecule has 2 aromatic rings. The number of likely N-dealkylation sites (tertiary alicyclic amines) is 1. The number of nitrogens with one attached hydrogen (secondary N) is 1. The molecule has 1 aromatic heterocycles. The van der Waals surface area contributed by atoms with Crippen molar-refractivity contribution in [2.75, 3.05) is 33.9 Å². The van der Waals surface area contributed by atoms with E-state index >= 15 is 0 Å². The summed E-state index contributed by atoms with van der Waals surface area (Å²) in [5.74, 6) is 1.53. The predicted molar refractivity (Wildman–Crippen MR) is 99.3 cm³/mol. The molecule has 0 bridgehead atoms. The Morgan fingerprint density at radius 2 is 1.89 bits per heavy atom. The van der Waals surface area contributed by atoms with E-state index < -0.39 is 0 Å². The van der Waals surface area contributed by atoms with Crippen LogP contribution in [0.1, 0.15) is 12.0 Å². The molecule has 0 radical (unpaired) electrons. The largest absolute Gasteiger partial charge is 0.497 e. The van der Waals surface area contributed by atoms with Crippen LogP contribution in [0.5, 0.6) is 17.5 Å². The molecule has 1 aromatic carbocycles. The lowest BCUT2D eigenvalue weighted by atomic mass is 10.1. The Kier molecular flexibility index (Phi) is 6.30. The highest BCUT2D eigenvalue weighted by Crippen LogP contribution is 2.23. The highest BCUT2D eigenvalue weighted by molar-refractivity contribution is 5.74. The van der Waals surface area contributed by atoms with E-state index in [1.165, 1.54) is 7.11 Å². The monoisotopic (exact) mass is 372 g/mol. The minimum absolute atomic E-state index is 0.0827. The van der Waals surface area contributed by atoms with Crippen molar-refractivity contribution in [3.8, 4) is 17.5 Å². The van der Waals surface area contributed by atoms with Crippen molar-refractivity contribution in [3.63, 3.8) is 0 Å². The molecule has 1 aliphatic heterocycles. The summed E-state index contributed by atoms with van der Waals surface area (Å²) in [6, 6.07) is 7.75. The number of nitrogens with zero attached hydrogens (tertiary/aromatic N) is 3. The number of hydrogen-bond acceptors (Lipinski definition) is 6. The van der Waals surface area contributed by atoms with Gasteiger partial charge in [0.05, 0.1) is 20.8 Å².